The van der Waals surface area contributed by atoms with Gasteiger partial charge >= 0.3 is 0 Å². The first-order chi connectivity index (χ1) is 10.9. The Morgan fingerprint density at radius 3 is 2.91 bits per heavy atom. The van der Waals surface area contributed by atoms with Gasteiger partial charge in [-0.15, -0.1) is 11.3 Å². The van der Waals surface area contributed by atoms with Gasteiger partial charge < -0.3 is 10.2 Å². The van der Waals surface area contributed by atoms with E-state index in [-0.39, 0.29) is 18.2 Å². The van der Waals surface area contributed by atoms with E-state index in [1.54, 1.807) is 25.5 Å². The number of likely N-dealkylation sites (N-methyl/N-ethyl adjacent to an activating group) is 1. The van der Waals surface area contributed by atoms with Gasteiger partial charge in [-0.3, -0.25) is 9.59 Å². The Bertz CT molecular complexity index is 786. The normalized spacial score (nSPS) is 13.4. The molecule has 0 unspecified atom stereocenters. The van der Waals surface area contributed by atoms with E-state index in [4.69, 9.17) is 0 Å². The quantitative estimate of drug-likeness (QED) is 0.938. The highest BCUT2D eigenvalue weighted by Gasteiger charge is 2.19. The number of fused-ring (bicyclic) bond motifs is 1. The highest BCUT2D eigenvalue weighted by molar-refractivity contribution is 7.10. The number of aromatic nitrogens is 1. The molecule has 23 heavy (non-hydrogen) atoms. The first-order valence-corrected chi connectivity index (χ1v) is 8.09. The molecule has 0 fully saturated rings. The topological polar surface area (TPSA) is 62.3 Å². The molecule has 1 aromatic carbocycles. The summed E-state index contributed by atoms with van der Waals surface area (Å²) in [4.78, 5) is 29.0. The maximum absolute atomic E-state index is 14.3. The lowest BCUT2D eigenvalue weighted by atomic mass is 9.99. The number of thiazole rings is 1. The lowest BCUT2D eigenvalue weighted by molar-refractivity contribution is -0.128. The van der Waals surface area contributed by atoms with Crippen LogP contribution in [0, 0.1) is 5.82 Å². The monoisotopic (exact) mass is 333 g/mol. The Morgan fingerprint density at radius 1 is 1.39 bits per heavy atom. The van der Waals surface area contributed by atoms with Crippen LogP contribution in [0.3, 0.4) is 0 Å². The van der Waals surface area contributed by atoms with E-state index in [9.17, 15) is 14.0 Å². The van der Waals surface area contributed by atoms with E-state index >= 15 is 0 Å². The minimum atomic E-state index is -0.429. The Balaban J connectivity index is 1.89. The van der Waals surface area contributed by atoms with Gasteiger partial charge in [-0.2, -0.15) is 0 Å². The van der Waals surface area contributed by atoms with Crippen molar-refractivity contribution in [3.05, 3.63) is 33.9 Å². The van der Waals surface area contributed by atoms with Crippen LogP contribution >= 0.6 is 11.3 Å². The zero-order valence-corrected chi connectivity index (χ0v) is 13.7. The second-order valence-corrected chi connectivity index (χ2v) is 6.57. The fourth-order valence-electron chi connectivity index (χ4n) is 2.40. The van der Waals surface area contributed by atoms with Gasteiger partial charge in [0.05, 0.1) is 12.1 Å². The second-order valence-electron chi connectivity index (χ2n) is 5.63. The van der Waals surface area contributed by atoms with Crippen LogP contribution in [0.1, 0.15) is 17.0 Å². The molecule has 2 heterocycles. The van der Waals surface area contributed by atoms with Gasteiger partial charge in [-0.25, -0.2) is 9.37 Å². The van der Waals surface area contributed by atoms with E-state index in [1.165, 1.54) is 22.3 Å². The number of benzene rings is 1. The molecule has 1 aliphatic heterocycles. The maximum atomic E-state index is 14.3. The average Bonchev–Trinajstić information content (AvgIpc) is 2.94. The smallest absolute Gasteiger partial charge is 0.228 e. The highest BCUT2D eigenvalue weighted by atomic mass is 32.1. The summed E-state index contributed by atoms with van der Waals surface area (Å²) in [6.07, 6.45) is 1.20. The summed E-state index contributed by atoms with van der Waals surface area (Å²) in [5, 5.41) is 5.09. The Kier molecular flexibility index (Phi) is 4.12. The van der Waals surface area contributed by atoms with Crippen molar-refractivity contribution in [1.82, 2.24) is 9.88 Å². The van der Waals surface area contributed by atoms with Crippen LogP contribution in [0.25, 0.3) is 11.3 Å². The predicted octanol–water partition coefficient (Wildman–Crippen LogP) is 2.46. The van der Waals surface area contributed by atoms with Crippen LogP contribution < -0.4 is 5.32 Å². The molecule has 0 radical (unpaired) electrons. The van der Waals surface area contributed by atoms with Gasteiger partial charge in [-0.05, 0) is 24.1 Å². The number of hydrogen-bond acceptors (Lipinski definition) is 4. The van der Waals surface area contributed by atoms with Crippen molar-refractivity contribution in [2.24, 2.45) is 0 Å². The van der Waals surface area contributed by atoms with Crippen LogP contribution in [0.2, 0.25) is 0 Å². The first-order valence-electron chi connectivity index (χ1n) is 7.21. The number of carbonyl (C=O) groups is 2. The average molecular weight is 333 g/mol. The predicted molar refractivity (Wildman–Crippen MR) is 86.9 cm³/mol. The lowest BCUT2D eigenvalue weighted by Gasteiger charge is -2.17. The van der Waals surface area contributed by atoms with E-state index < -0.39 is 5.82 Å². The largest absolute Gasteiger partial charge is 0.348 e. The summed E-state index contributed by atoms with van der Waals surface area (Å²) >= 11 is 1.34. The maximum Gasteiger partial charge on any atom is 0.228 e. The number of nitrogens with zero attached hydrogens (tertiary/aromatic N) is 2. The molecule has 0 spiro atoms. The molecular formula is C16H16FN3O2S. The standard InChI is InChI=1S/C16H16FN3O2S/c1-20(2)16(22)7-15-19-13(8-23-15)10-5-9-3-4-14(21)18-12(9)6-11(10)17/h5-6,8H,3-4,7H2,1-2H3,(H,18,21). The van der Waals surface area contributed by atoms with Crippen LogP contribution in [0.4, 0.5) is 10.1 Å². The van der Waals surface area contributed by atoms with Gasteiger partial charge in [0.1, 0.15) is 10.8 Å². The first kappa shape index (κ1) is 15.6. The zero-order chi connectivity index (χ0) is 16.6. The molecule has 7 heteroatoms. The minimum absolute atomic E-state index is 0.0421. The molecule has 5 nitrogen and oxygen atoms in total. The van der Waals surface area contributed by atoms with Crippen molar-refractivity contribution < 1.29 is 14.0 Å². The van der Waals surface area contributed by atoms with Crippen LogP contribution in [0.15, 0.2) is 17.5 Å². The van der Waals surface area contributed by atoms with Crippen molar-refractivity contribution in [1.29, 1.82) is 0 Å². The second kappa shape index (κ2) is 6.08. The summed E-state index contributed by atoms with van der Waals surface area (Å²) in [6, 6.07) is 3.07. The van der Waals surface area contributed by atoms with Crippen molar-refractivity contribution in [3.8, 4) is 11.3 Å². The molecule has 120 valence electrons. The Hall–Kier alpha value is -2.28. The zero-order valence-electron chi connectivity index (χ0n) is 12.9. The molecule has 2 amide bonds. The number of nitrogens with one attached hydrogen (secondary N) is 1. The van der Waals surface area contributed by atoms with Crippen molar-refractivity contribution in [3.63, 3.8) is 0 Å². The summed E-state index contributed by atoms with van der Waals surface area (Å²) in [7, 11) is 3.38. The molecule has 1 aromatic heterocycles. The van der Waals surface area contributed by atoms with Crippen LogP contribution in [-0.2, 0) is 22.4 Å². The Labute approximate surface area is 137 Å². The lowest BCUT2D eigenvalue weighted by Crippen LogP contribution is -2.23. The molecule has 3 rings (SSSR count). The number of halogens is 1. The molecule has 0 saturated heterocycles. The third kappa shape index (κ3) is 3.24. The van der Waals surface area contributed by atoms with Gasteiger partial charge in [0.15, 0.2) is 0 Å². The highest BCUT2D eigenvalue weighted by Crippen LogP contribution is 2.32. The molecule has 1 aliphatic rings. The number of rotatable bonds is 3. The summed E-state index contributed by atoms with van der Waals surface area (Å²) in [5.74, 6) is -0.566. The number of hydrogen-bond donors (Lipinski definition) is 1. The molecule has 0 bridgehead atoms. The minimum Gasteiger partial charge on any atom is -0.348 e. The van der Waals surface area contributed by atoms with Gasteiger partial charge in [0.2, 0.25) is 11.8 Å². The number of aryl methyl sites for hydroxylation is 1. The molecule has 2 aromatic rings. The van der Waals surface area contributed by atoms with Gasteiger partial charge in [0.25, 0.3) is 0 Å². The van der Waals surface area contributed by atoms with E-state index in [0.29, 0.717) is 34.8 Å². The summed E-state index contributed by atoms with van der Waals surface area (Å²) in [6.45, 7) is 0. The SMILES string of the molecule is CN(C)C(=O)Cc1nc(-c2cc3c(cc2F)NC(=O)CC3)cs1. The third-order valence-electron chi connectivity index (χ3n) is 3.72. The van der Waals surface area contributed by atoms with E-state index in [1.807, 2.05) is 0 Å². The molecule has 0 saturated carbocycles. The number of anilines is 1. The molecule has 0 aliphatic carbocycles. The molecule has 0 atom stereocenters. The van der Waals surface area contributed by atoms with Gasteiger partial charge in [0, 0.05) is 37.1 Å². The fourth-order valence-corrected chi connectivity index (χ4v) is 3.19. The van der Waals surface area contributed by atoms with Crippen LogP contribution in [-0.4, -0.2) is 35.8 Å². The molecular weight excluding hydrogens is 317 g/mol. The number of amides is 2. The molecule has 1 N–H and O–H groups in total. The van der Waals surface area contributed by atoms with Crippen molar-refractivity contribution >= 4 is 28.8 Å². The summed E-state index contributed by atoms with van der Waals surface area (Å²) < 4.78 is 14.3. The van der Waals surface area contributed by atoms with Crippen LogP contribution in [0.5, 0.6) is 0 Å². The number of carbonyl (C=O) groups excluding carboxylic acids is 2. The van der Waals surface area contributed by atoms with Gasteiger partial charge in [-0.1, -0.05) is 0 Å². The summed E-state index contributed by atoms with van der Waals surface area (Å²) in [5.41, 5.74) is 2.36. The van der Waals surface area contributed by atoms with Crippen molar-refractivity contribution in [2.75, 3.05) is 19.4 Å². The third-order valence-corrected chi connectivity index (χ3v) is 4.57. The van der Waals surface area contributed by atoms with E-state index in [2.05, 4.69) is 10.3 Å². The van der Waals surface area contributed by atoms with Crippen molar-refractivity contribution in [2.45, 2.75) is 19.3 Å². The fraction of sp³-hybridized carbons (Fsp3) is 0.312. The Morgan fingerprint density at radius 2 is 2.17 bits per heavy atom. The van der Waals surface area contributed by atoms with E-state index in [0.717, 1.165) is 5.56 Å².